The van der Waals surface area contributed by atoms with E-state index in [1.807, 2.05) is 12.1 Å². The van der Waals surface area contributed by atoms with Gasteiger partial charge in [0.2, 0.25) is 0 Å². The van der Waals surface area contributed by atoms with Gasteiger partial charge in [-0.3, -0.25) is 4.79 Å². The zero-order chi connectivity index (χ0) is 16.9. The molecule has 1 aliphatic carbocycles. The van der Waals surface area contributed by atoms with E-state index in [0.29, 0.717) is 23.4 Å². The van der Waals surface area contributed by atoms with Gasteiger partial charge < -0.3 is 15.5 Å². The van der Waals surface area contributed by atoms with Gasteiger partial charge in [0.15, 0.2) is 0 Å². The van der Waals surface area contributed by atoms with Crippen molar-refractivity contribution in [3.8, 4) is 0 Å². The van der Waals surface area contributed by atoms with Crippen LogP contribution in [0.25, 0.3) is 0 Å². The zero-order valence-electron chi connectivity index (χ0n) is 14.9. The Morgan fingerprint density at radius 1 is 1.33 bits per heavy atom. The highest BCUT2D eigenvalue weighted by Gasteiger charge is 2.23. The molecule has 132 valence electrons. The molecule has 1 saturated heterocycles. The quantitative estimate of drug-likeness (QED) is 0.807. The molecule has 0 aromatic carbocycles. The minimum atomic E-state index is -0.0139. The van der Waals surface area contributed by atoms with E-state index in [4.69, 9.17) is 0 Å². The molecule has 2 fully saturated rings. The number of pyridine rings is 1. The lowest BCUT2D eigenvalue weighted by atomic mass is 9.93. The molecule has 5 nitrogen and oxygen atoms in total. The summed E-state index contributed by atoms with van der Waals surface area (Å²) in [5.41, 5.74) is 0.645. The Bertz CT molecular complexity index is 539. The average molecular weight is 330 g/mol. The Morgan fingerprint density at radius 2 is 2.17 bits per heavy atom. The van der Waals surface area contributed by atoms with Crippen LogP contribution in [-0.4, -0.2) is 48.0 Å². The molecule has 1 aromatic heterocycles. The summed E-state index contributed by atoms with van der Waals surface area (Å²) < 4.78 is 0. The van der Waals surface area contributed by atoms with E-state index in [1.165, 1.54) is 25.7 Å². The summed E-state index contributed by atoms with van der Waals surface area (Å²) in [5, 5.41) is 6.46. The van der Waals surface area contributed by atoms with Crippen molar-refractivity contribution in [1.82, 2.24) is 15.2 Å². The first-order chi connectivity index (χ1) is 11.6. The number of carbonyl (C=O) groups is 1. The van der Waals surface area contributed by atoms with Crippen LogP contribution in [0, 0.1) is 11.8 Å². The standard InChI is InChI=1S/C19H30N4O/c1-14(2)12-23-9-8-15(13-23)10-21-19(24)16-6-7-18(20-11-16)22-17-4-3-5-17/h6-7,11,14-15,17H,3-5,8-10,12-13H2,1-2H3,(H,20,22)(H,21,24). The fourth-order valence-electron chi connectivity index (χ4n) is 3.48. The maximum atomic E-state index is 12.3. The third kappa shape index (κ3) is 4.69. The molecule has 2 aliphatic rings. The van der Waals surface area contributed by atoms with Gasteiger partial charge in [-0.2, -0.15) is 0 Å². The molecule has 1 atom stereocenters. The molecular weight excluding hydrogens is 300 g/mol. The van der Waals surface area contributed by atoms with E-state index in [9.17, 15) is 4.79 Å². The van der Waals surface area contributed by atoms with Gasteiger partial charge in [-0.1, -0.05) is 13.8 Å². The van der Waals surface area contributed by atoms with Gasteiger partial charge in [-0.25, -0.2) is 4.98 Å². The third-order valence-corrected chi connectivity index (χ3v) is 5.03. The molecule has 1 aromatic rings. The van der Waals surface area contributed by atoms with Crippen molar-refractivity contribution >= 4 is 11.7 Å². The van der Waals surface area contributed by atoms with E-state index in [1.54, 1.807) is 6.20 Å². The van der Waals surface area contributed by atoms with Crippen LogP contribution in [-0.2, 0) is 0 Å². The van der Waals surface area contributed by atoms with Crippen molar-refractivity contribution in [2.45, 2.75) is 45.6 Å². The maximum absolute atomic E-state index is 12.3. The molecule has 2 N–H and O–H groups in total. The molecule has 5 heteroatoms. The highest BCUT2D eigenvalue weighted by molar-refractivity contribution is 5.94. The van der Waals surface area contributed by atoms with Crippen molar-refractivity contribution in [1.29, 1.82) is 0 Å². The Balaban J connectivity index is 1.41. The van der Waals surface area contributed by atoms with Crippen molar-refractivity contribution in [3.63, 3.8) is 0 Å². The van der Waals surface area contributed by atoms with Gasteiger partial charge in [-0.15, -0.1) is 0 Å². The van der Waals surface area contributed by atoms with Crippen LogP contribution in [0.3, 0.4) is 0 Å². The number of likely N-dealkylation sites (tertiary alicyclic amines) is 1. The Hall–Kier alpha value is -1.62. The molecule has 1 unspecified atom stereocenters. The zero-order valence-corrected chi connectivity index (χ0v) is 14.9. The predicted octanol–water partition coefficient (Wildman–Crippen LogP) is 2.75. The first-order valence-electron chi connectivity index (χ1n) is 9.33. The first-order valence-corrected chi connectivity index (χ1v) is 9.33. The molecule has 0 radical (unpaired) electrons. The molecule has 0 bridgehead atoms. The molecule has 1 saturated carbocycles. The van der Waals surface area contributed by atoms with Gasteiger partial charge in [0.1, 0.15) is 5.82 Å². The molecule has 0 spiro atoms. The number of nitrogens with one attached hydrogen (secondary N) is 2. The minimum Gasteiger partial charge on any atom is -0.367 e. The van der Waals surface area contributed by atoms with Crippen LogP contribution in [0.5, 0.6) is 0 Å². The summed E-state index contributed by atoms with van der Waals surface area (Å²) in [6.45, 7) is 8.68. The van der Waals surface area contributed by atoms with E-state index in [0.717, 1.165) is 32.0 Å². The summed E-state index contributed by atoms with van der Waals surface area (Å²) in [4.78, 5) is 19.1. The second-order valence-electron chi connectivity index (χ2n) is 7.72. The lowest BCUT2D eigenvalue weighted by Gasteiger charge is -2.26. The number of hydrogen-bond donors (Lipinski definition) is 2. The monoisotopic (exact) mass is 330 g/mol. The lowest BCUT2D eigenvalue weighted by molar-refractivity contribution is 0.0947. The molecular formula is C19H30N4O. The topological polar surface area (TPSA) is 57.3 Å². The number of hydrogen-bond acceptors (Lipinski definition) is 4. The number of rotatable bonds is 7. The lowest BCUT2D eigenvalue weighted by Crippen LogP contribution is -2.32. The fraction of sp³-hybridized carbons (Fsp3) is 0.684. The maximum Gasteiger partial charge on any atom is 0.252 e. The number of anilines is 1. The number of carbonyl (C=O) groups excluding carboxylic acids is 1. The summed E-state index contributed by atoms with van der Waals surface area (Å²) in [5.74, 6) is 2.13. The van der Waals surface area contributed by atoms with Crippen LogP contribution < -0.4 is 10.6 Å². The van der Waals surface area contributed by atoms with Crippen LogP contribution in [0.4, 0.5) is 5.82 Å². The van der Waals surface area contributed by atoms with Crippen LogP contribution in [0.15, 0.2) is 18.3 Å². The molecule has 3 rings (SSSR count). The number of amides is 1. The normalized spacial score (nSPS) is 21.7. The minimum absolute atomic E-state index is 0.0139. The molecule has 1 aliphatic heterocycles. The number of aromatic nitrogens is 1. The SMILES string of the molecule is CC(C)CN1CCC(CNC(=O)c2ccc(NC3CCC3)nc2)C1. The summed E-state index contributed by atoms with van der Waals surface area (Å²) >= 11 is 0. The predicted molar refractivity (Wildman–Crippen MR) is 97.2 cm³/mol. The Kier molecular flexibility index (Phi) is 5.72. The second-order valence-corrected chi connectivity index (χ2v) is 7.72. The number of nitrogens with zero attached hydrogens (tertiary/aromatic N) is 2. The van der Waals surface area contributed by atoms with E-state index in [-0.39, 0.29) is 5.91 Å². The van der Waals surface area contributed by atoms with Crippen molar-refractivity contribution in [2.24, 2.45) is 11.8 Å². The van der Waals surface area contributed by atoms with Crippen LogP contribution in [0.2, 0.25) is 0 Å². The van der Waals surface area contributed by atoms with Crippen LogP contribution in [0.1, 0.15) is 49.9 Å². The van der Waals surface area contributed by atoms with Gasteiger partial charge in [0, 0.05) is 31.9 Å². The van der Waals surface area contributed by atoms with Gasteiger partial charge in [0.25, 0.3) is 5.91 Å². The van der Waals surface area contributed by atoms with Crippen LogP contribution >= 0.6 is 0 Å². The summed E-state index contributed by atoms with van der Waals surface area (Å²) in [6.07, 6.45) is 6.59. The molecule has 24 heavy (non-hydrogen) atoms. The third-order valence-electron chi connectivity index (χ3n) is 5.03. The van der Waals surface area contributed by atoms with E-state index in [2.05, 4.69) is 34.4 Å². The van der Waals surface area contributed by atoms with Crippen molar-refractivity contribution in [3.05, 3.63) is 23.9 Å². The highest BCUT2D eigenvalue weighted by atomic mass is 16.1. The fourth-order valence-corrected chi connectivity index (χ4v) is 3.48. The van der Waals surface area contributed by atoms with E-state index >= 15 is 0 Å². The van der Waals surface area contributed by atoms with Crippen molar-refractivity contribution in [2.75, 3.05) is 31.5 Å². The van der Waals surface area contributed by atoms with Gasteiger partial charge in [0.05, 0.1) is 5.56 Å². The largest absolute Gasteiger partial charge is 0.367 e. The smallest absolute Gasteiger partial charge is 0.252 e. The highest BCUT2D eigenvalue weighted by Crippen LogP contribution is 2.22. The summed E-state index contributed by atoms with van der Waals surface area (Å²) in [7, 11) is 0. The first kappa shape index (κ1) is 17.2. The average Bonchev–Trinajstić information content (AvgIpc) is 2.96. The molecule has 2 heterocycles. The second kappa shape index (κ2) is 7.97. The van der Waals surface area contributed by atoms with Crippen molar-refractivity contribution < 1.29 is 4.79 Å². The summed E-state index contributed by atoms with van der Waals surface area (Å²) in [6, 6.07) is 4.34. The Labute approximate surface area is 145 Å². The van der Waals surface area contributed by atoms with Gasteiger partial charge in [-0.05, 0) is 56.2 Å². The van der Waals surface area contributed by atoms with Gasteiger partial charge >= 0.3 is 0 Å². The van der Waals surface area contributed by atoms with E-state index < -0.39 is 0 Å². The molecule has 1 amide bonds. The Morgan fingerprint density at radius 3 is 2.79 bits per heavy atom.